The van der Waals surface area contributed by atoms with Crippen LogP contribution in [0.2, 0.25) is 0 Å². The van der Waals surface area contributed by atoms with E-state index in [2.05, 4.69) is 26.6 Å². The highest BCUT2D eigenvalue weighted by Gasteiger charge is 2.29. The number of rotatable bonds is 8. The molecule has 2 amide bonds. The van der Waals surface area contributed by atoms with E-state index in [0.717, 1.165) is 22.3 Å². The van der Waals surface area contributed by atoms with E-state index in [1.165, 1.54) is 12.1 Å². The van der Waals surface area contributed by atoms with Gasteiger partial charge < -0.3 is 20.3 Å². The van der Waals surface area contributed by atoms with Crippen LogP contribution in [-0.4, -0.2) is 47.4 Å². The Morgan fingerprint density at radius 1 is 0.971 bits per heavy atom. The summed E-state index contributed by atoms with van der Waals surface area (Å²) in [7, 11) is 0. The molecule has 1 aliphatic carbocycles. The number of anilines is 1. The Kier molecular flexibility index (Phi) is 7.48. The molecule has 4 N–H and O–H groups in total. The molecule has 0 aliphatic heterocycles. The van der Waals surface area contributed by atoms with Crippen molar-refractivity contribution in [3.8, 4) is 11.1 Å². The first-order valence-corrected chi connectivity index (χ1v) is 11.7. The zero-order valence-electron chi connectivity index (χ0n) is 18.5. The van der Waals surface area contributed by atoms with Crippen LogP contribution in [0.5, 0.6) is 0 Å². The summed E-state index contributed by atoms with van der Waals surface area (Å²) in [5.41, 5.74) is 4.59. The first-order chi connectivity index (χ1) is 16.9. The zero-order chi connectivity index (χ0) is 24.9. The van der Waals surface area contributed by atoms with Gasteiger partial charge in [0.1, 0.15) is 12.6 Å². The lowest BCUT2D eigenvalue weighted by molar-refractivity contribution is -0.139. The maximum Gasteiger partial charge on any atom is 0.411 e. The van der Waals surface area contributed by atoms with E-state index >= 15 is 0 Å². The third kappa shape index (κ3) is 5.36. The number of halogens is 1. The number of hydrogen-bond acceptors (Lipinski definition) is 5. The van der Waals surface area contributed by atoms with Gasteiger partial charge in [-0.2, -0.15) is 0 Å². The first-order valence-electron chi connectivity index (χ1n) is 10.9. The van der Waals surface area contributed by atoms with E-state index in [9.17, 15) is 19.5 Å². The van der Waals surface area contributed by atoms with Gasteiger partial charge in [-0.15, -0.1) is 0 Å². The number of nitrogens with one attached hydrogen (secondary N) is 2. The summed E-state index contributed by atoms with van der Waals surface area (Å²) in [6, 6.07) is 19.3. The van der Waals surface area contributed by atoms with Gasteiger partial charge in [-0.1, -0.05) is 64.5 Å². The Morgan fingerprint density at radius 3 is 2.20 bits per heavy atom. The van der Waals surface area contributed by atoms with Crippen LogP contribution in [0, 0.1) is 0 Å². The standard InChI is InChI=1S/C26H23BrN2O6/c27-15-9-10-20(24(31)28-22(11-12-30)25(32)33)23(13-15)29-26(34)35-14-21-18-7-3-1-5-16(18)17-6-2-4-8-19(17)21/h1-10,13,21-22,30H,11-12,14H2,(H,28,31)(H,29,34)(H,32,33). The molecule has 0 saturated carbocycles. The number of carboxylic acids is 1. The third-order valence-electron chi connectivity index (χ3n) is 5.83. The van der Waals surface area contributed by atoms with Crippen LogP contribution >= 0.6 is 15.9 Å². The zero-order valence-corrected chi connectivity index (χ0v) is 20.1. The highest BCUT2D eigenvalue weighted by Crippen LogP contribution is 2.44. The molecule has 0 bridgehead atoms. The molecule has 0 saturated heterocycles. The summed E-state index contributed by atoms with van der Waals surface area (Å²) in [6.45, 7) is -0.296. The fourth-order valence-corrected chi connectivity index (χ4v) is 4.55. The third-order valence-corrected chi connectivity index (χ3v) is 6.32. The molecule has 1 atom stereocenters. The molecule has 1 unspecified atom stereocenters. The monoisotopic (exact) mass is 538 g/mol. The highest BCUT2D eigenvalue weighted by atomic mass is 79.9. The van der Waals surface area contributed by atoms with Crippen LogP contribution < -0.4 is 10.6 Å². The minimum Gasteiger partial charge on any atom is -0.480 e. The van der Waals surface area contributed by atoms with Gasteiger partial charge in [-0.05, 0) is 40.5 Å². The topological polar surface area (TPSA) is 125 Å². The van der Waals surface area contributed by atoms with Crippen molar-refractivity contribution < 1.29 is 29.3 Å². The number of ether oxygens (including phenoxy) is 1. The Hall–Kier alpha value is -3.69. The summed E-state index contributed by atoms with van der Waals surface area (Å²) in [5.74, 6) is -2.09. The molecule has 8 nitrogen and oxygen atoms in total. The van der Waals surface area contributed by atoms with Crippen LogP contribution in [0.25, 0.3) is 11.1 Å². The van der Waals surface area contributed by atoms with E-state index in [4.69, 9.17) is 9.84 Å². The second-order valence-electron chi connectivity index (χ2n) is 8.02. The van der Waals surface area contributed by atoms with E-state index in [-0.39, 0.29) is 30.2 Å². The summed E-state index contributed by atoms with van der Waals surface area (Å²) in [4.78, 5) is 36.8. The van der Waals surface area contributed by atoms with Gasteiger partial charge in [0, 0.05) is 23.4 Å². The van der Waals surface area contributed by atoms with Crippen molar-refractivity contribution in [2.45, 2.75) is 18.4 Å². The molecule has 0 heterocycles. The van der Waals surface area contributed by atoms with Crippen molar-refractivity contribution >= 4 is 39.6 Å². The molecular weight excluding hydrogens is 516 g/mol. The predicted molar refractivity (Wildman–Crippen MR) is 133 cm³/mol. The second-order valence-corrected chi connectivity index (χ2v) is 8.93. The van der Waals surface area contributed by atoms with Crippen molar-refractivity contribution in [2.24, 2.45) is 0 Å². The molecule has 0 fully saturated rings. The maximum atomic E-state index is 12.7. The summed E-state index contributed by atoms with van der Waals surface area (Å²) in [5, 5.41) is 23.3. The quantitative estimate of drug-likeness (QED) is 0.337. The van der Waals surface area contributed by atoms with Crippen molar-refractivity contribution in [3.63, 3.8) is 0 Å². The molecule has 3 aromatic carbocycles. The van der Waals surface area contributed by atoms with Gasteiger partial charge in [-0.3, -0.25) is 10.1 Å². The van der Waals surface area contributed by atoms with Crippen LogP contribution in [0.4, 0.5) is 10.5 Å². The molecule has 3 aromatic rings. The Balaban J connectivity index is 1.48. The largest absolute Gasteiger partial charge is 0.480 e. The van der Waals surface area contributed by atoms with Gasteiger partial charge in [0.15, 0.2) is 0 Å². The minimum atomic E-state index is -1.27. The van der Waals surface area contributed by atoms with Crippen molar-refractivity contribution in [1.82, 2.24) is 5.32 Å². The molecule has 0 aromatic heterocycles. The van der Waals surface area contributed by atoms with Gasteiger partial charge in [-0.25, -0.2) is 9.59 Å². The lowest BCUT2D eigenvalue weighted by Crippen LogP contribution is -2.41. The normalized spacial score (nSPS) is 12.9. The molecule has 4 rings (SSSR count). The van der Waals surface area contributed by atoms with Gasteiger partial charge in [0.05, 0.1) is 11.3 Å². The number of aliphatic hydroxyl groups is 1. The number of benzene rings is 3. The lowest BCUT2D eigenvalue weighted by atomic mass is 9.98. The fraction of sp³-hybridized carbons (Fsp3) is 0.192. The minimum absolute atomic E-state index is 0.0610. The van der Waals surface area contributed by atoms with Crippen molar-refractivity contribution in [1.29, 1.82) is 0 Å². The molecule has 9 heteroatoms. The summed E-state index contributed by atoms with van der Waals surface area (Å²) < 4.78 is 6.16. The number of carboxylic acid groups (broad SMARTS) is 1. The van der Waals surface area contributed by atoms with E-state index in [0.29, 0.717) is 4.47 Å². The lowest BCUT2D eigenvalue weighted by Gasteiger charge is -2.17. The fourth-order valence-electron chi connectivity index (χ4n) is 4.18. The van der Waals surface area contributed by atoms with Crippen molar-refractivity contribution in [3.05, 3.63) is 87.9 Å². The number of carbonyl (C=O) groups is 3. The van der Waals surface area contributed by atoms with E-state index in [1.807, 2.05) is 48.5 Å². The van der Waals surface area contributed by atoms with Crippen LogP contribution in [0.1, 0.15) is 33.8 Å². The Bertz CT molecular complexity index is 1230. The number of hydrogen-bond donors (Lipinski definition) is 4. The molecule has 1 aliphatic rings. The first kappa shape index (κ1) is 24.4. The molecule has 35 heavy (non-hydrogen) atoms. The van der Waals surface area contributed by atoms with E-state index in [1.54, 1.807) is 6.07 Å². The molecule has 180 valence electrons. The van der Waals surface area contributed by atoms with Gasteiger partial charge >= 0.3 is 12.1 Å². The SMILES string of the molecule is O=C(Nc1cc(Br)ccc1C(=O)NC(CCO)C(=O)O)OCC1c2ccccc2-c2ccccc21. The summed E-state index contributed by atoms with van der Waals surface area (Å²) >= 11 is 3.31. The van der Waals surface area contributed by atoms with Crippen LogP contribution in [0.3, 0.4) is 0 Å². The average molecular weight is 539 g/mol. The van der Waals surface area contributed by atoms with Gasteiger partial charge in [0.2, 0.25) is 0 Å². The van der Waals surface area contributed by atoms with Crippen molar-refractivity contribution in [2.75, 3.05) is 18.5 Å². The highest BCUT2D eigenvalue weighted by molar-refractivity contribution is 9.10. The Morgan fingerprint density at radius 2 is 1.60 bits per heavy atom. The molecule has 0 spiro atoms. The van der Waals surface area contributed by atoms with Crippen LogP contribution in [-0.2, 0) is 9.53 Å². The van der Waals surface area contributed by atoms with E-state index < -0.39 is 30.6 Å². The average Bonchev–Trinajstić information content (AvgIpc) is 3.16. The molecule has 0 radical (unpaired) electrons. The number of aliphatic hydroxyl groups excluding tert-OH is 1. The maximum absolute atomic E-state index is 12.7. The number of fused-ring (bicyclic) bond motifs is 3. The van der Waals surface area contributed by atoms with Gasteiger partial charge in [0.25, 0.3) is 5.91 Å². The smallest absolute Gasteiger partial charge is 0.411 e. The molecular formula is C26H23BrN2O6. The summed E-state index contributed by atoms with van der Waals surface area (Å²) in [6.07, 6.45) is -0.892. The number of amides is 2. The van der Waals surface area contributed by atoms with Crippen LogP contribution in [0.15, 0.2) is 71.2 Å². The number of aliphatic carboxylic acids is 1. The number of carbonyl (C=O) groups excluding carboxylic acids is 2. The predicted octanol–water partition coefficient (Wildman–Crippen LogP) is 4.38. The Labute approximate surface area is 210 Å². The second kappa shape index (κ2) is 10.7.